The van der Waals surface area contributed by atoms with E-state index in [1.54, 1.807) is 6.07 Å². The zero-order valence-electron chi connectivity index (χ0n) is 11.4. The van der Waals surface area contributed by atoms with E-state index in [0.717, 1.165) is 25.9 Å². The summed E-state index contributed by atoms with van der Waals surface area (Å²) in [5.41, 5.74) is 1.27. The van der Waals surface area contributed by atoms with Gasteiger partial charge in [0.1, 0.15) is 6.33 Å². The molecule has 112 valence electrons. The van der Waals surface area contributed by atoms with Gasteiger partial charge in [-0.25, -0.2) is 0 Å². The molecule has 0 unspecified atom stereocenters. The Labute approximate surface area is 128 Å². The van der Waals surface area contributed by atoms with Gasteiger partial charge in [0.2, 0.25) is 0 Å². The fourth-order valence-electron chi connectivity index (χ4n) is 2.37. The molecule has 0 spiro atoms. The van der Waals surface area contributed by atoms with Gasteiger partial charge < -0.3 is 10.6 Å². The molecule has 0 bridgehead atoms. The lowest BCUT2D eigenvalue weighted by molar-refractivity contribution is 0.0929. The summed E-state index contributed by atoms with van der Waals surface area (Å²) < 4.78 is 1.50. The van der Waals surface area contributed by atoms with Crippen LogP contribution in [0.25, 0.3) is 5.69 Å². The Kier molecular flexibility index (Phi) is 5.24. The number of carbonyl (C=O) groups is 1. The Hall–Kier alpha value is -1.99. The Balaban J connectivity index is 0.00000161. The third-order valence-electron chi connectivity index (χ3n) is 3.42. The van der Waals surface area contributed by atoms with Crippen LogP contribution in [0, 0.1) is 0 Å². The van der Waals surface area contributed by atoms with Gasteiger partial charge in [0.25, 0.3) is 5.91 Å². The Morgan fingerprint density at radius 3 is 2.76 bits per heavy atom. The van der Waals surface area contributed by atoms with Gasteiger partial charge in [-0.2, -0.15) is 4.68 Å². The van der Waals surface area contributed by atoms with Gasteiger partial charge in [-0.15, -0.1) is 17.5 Å². The van der Waals surface area contributed by atoms with Crippen LogP contribution in [0.2, 0.25) is 0 Å². The molecular formula is C13H17ClN6O. The van der Waals surface area contributed by atoms with E-state index in [-0.39, 0.29) is 24.4 Å². The molecule has 0 aliphatic carbocycles. The molecule has 0 saturated carbocycles. The molecule has 2 aromatic rings. The van der Waals surface area contributed by atoms with Crippen molar-refractivity contribution in [2.45, 2.75) is 18.9 Å². The van der Waals surface area contributed by atoms with Crippen molar-refractivity contribution < 1.29 is 4.79 Å². The molecule has 0 atom stereocenters. The molecule has 1 aliphatic rings. The maximum atomic E-state index is 12.4. The van der Waals surface area contributed by atoms with Crippen molar-refractivity contribution in [2.24, 2.45) is 0 Å². The van der Waals surface area contributed by atoms with Crippen molar-refractivity contribution >= 4 is 18.3 Å². The predicted molar refractivity (Wildman–Crippen MR) is 79.8 cm³/mol. The minimum absolute atomic E-state index is 0. The first-order valence-corrected chi connectivity index (χ1v) is 6.68. The first kappa shape index (κ1) is 15.4. The summed E-state index contributed by atoms with van der Waals surface area (Å²) in [6.45, 7) is 1.89. The zero-order valence-corrected chi connectivity index (χ0v) is 12.2. The smallest absolute Gasteiger partial charge is 0.253 e. The van der Waals surface area contributed by atoms with Crippen LogP contribution in [0.15, 0.2) is 30.6 Å². The fraction of sp³-hybridized carbons (Fsp3) is 0.385. The highest BCUT2D eigenvalue weighted by atomic mass is 35.5. The van der Waals surface area contributed by atoms with Crippen molar-refractivity contribution in [2.75, 3.05) is 13.1 Å². The van der Waals surface area contributed by atoms with Crippen molar-refractivity contribution in [3.8, 4) is 5.69 Å². The number of nitrogens with one attached hydrogen (secondary N) is 2. The van der Waals surface area contributed by atoms with E-state index < -0.39 is 0 Å². The van der Waals surface area contributed by atoms with Gasteiger partial charge in [0, 0.05) is 6.04 Å². The Morgan fingerprint density at radius 1 is 1.29 bits per heavy atom. The first-order valence-electron chi connectivity index (χ1n) is 6.68. The Bertz CT molecular complexity index is 582. The lowest BCUT2D eigenvalue weighted by Crippen LogP contribution is -2.42. The maximum absolute atomic E-state index is 12.4. The molecule has 1 saturated heterocycles. The van der Waals surface area contributed by atoms with E-state index in [4.69, 9.17) is 0 Å². The molecule has 8 heteroatoms. The van der Waals surface area contributed by atoms with Crippen LogP contribution >= 0.6 is 12.4 Å². The van der Waals surface area contributed by atoms with Crippen molar-refractivity contribution in [1.29, 1.82) is 0 Å². The molecule has 2 heterocycles. The summed E-state index contributed by atoms with van der Waals surface area (Å²) in [6, 6.07) is 7.54. The SMILES string of the molecule is Cl.O=C(NC1CCNCC1)c1ccccc1-n1cnnn1. The normalized spacial score (nSPS) is 15.2. The molecule has 1 aliphatic heterocycles. The summed E-state index contributed by atoms with van der Waals surface area (Å²) >= 11 is 0. The number of hydrogen-bond acceptors (Lipinski definition) is 5. The number of piperidine rings is 1. The molecule has 1 fully saturated rings. The fourth-order valence-corrected chi connectivity index (χ4v) is 2.37. The summed E-state index contributed by atoms with van der Waals surface area (Å²) in [5.74, 6) is -0.0806. The third kappa shape index (κ3) is 3.56. The highest BCUT2D eigenvalue weighted by Crippen LogP contribution is 2.13. The first-order chi connectivity index (χ1) is 9.84. The quantitative estimate of drug-likeness (QED) is 0.866. The van der Waals surface area contributed by atoms with Gasteiger partial charge in [-0.05, 0) is 48.5 Å². The Morgan fingerprint density at radius 2 is 2.05 bits per heavy atom. The number of tetrazole rings is 1. The van der Waals surface area contributed by atoms with E-state index in [1.165, 1.54) is 11.0 Å². The predicted octanol–water partition coefficient (Wildman–Crippen LogP) is 0.566. The van der Waals surface area contributed by atoms with E-state index >= 15 is 0 Å². The minimum Gasteiger partial charge on any atom is -0.349 e. The molecular weight excluding hydrogens is 292 g/mol. The number of para-hydroxylation sites is 1. The second kappa shape index (κ2) is 7.14. The summed E-state index contributed by atoms with van der Waals surface area (Å²) in [4.78, 5) is 12.4. The number of amides is 1. The zero-order chi connectivity index (χ0) is 13.8. The highest BCUT2D eigenvalue weighted by Gasteiger charge is 2.19. The molecule has 7 nitrogen and oxygen atoms in total. The number of nitrogens with zero attached hydrogens (tertiary/aromatic N) is 4. The average Bonchev–Trinajstić information content (AvgIpc) is 3.02. The van der Waals surface area contributed by atoms with Crippen LogP contribution in [0.4, 0.5) is 0 Å². The molecule has 1 aromatic carbocycles. The number of halogens is 1. The van der Waals surface area contributed by atoms with Crippen LogP contribution in [0.3, 0.4) is 0 Å². The summed E-state index contributed by atoms with van der Waals surface area (Å²) in [7, 11) is 0. The molecule has 1 aromatic heterocycles. The number of aromatic nitrogens is 4. The van der Waals surface area contributed by atoms with Crippen molar-refractivity contribution in [3.63, 3.8) is 0 Å². The standard InChI is InChI=1S/C13H16N6O.ClH/c20-13(16-10-5-7-14-8-6-10)11-3-1-2-4-12(11)19-9-15-17-18-19;/h1-4,9-10,14H,5-8H2,(H,16,20);1H. The van der Waals surface area contributed by atoms with Gasteiger partial charge in [-0.1, -0.05) is 12.1 Å². The van der Waals surface area contributed by atoms with Crippen LogP contribution in [0.5, 0.6) is 0 Å². The van der Waals surface area contributed by atoms with E-state index in [2.05, 4.69) is 26.2 Å². The summed E-state index contributed by atoms with van der Waals surface area (Å²) in [5, 5.41) is 17.4. The maximum Gasteiger partial charge on any atom is 0.253 e. The second-order valence-corrected chi connectivity index (χ2v) is 4.77. The number of hydrogen-bond donors (Lipinski definition) is 2. The van der Waals surface area contributed by atoms with Crippen molar-refractivity contribution in [1.82, 2.24) is 30.8 Å². The van der Waals surface area contributed by atoms with Crippen LogP contribution in [-0.4, -0.2) is 45.2 Å². The number of carbonyl (C=O) groups excluding carboxylic acids is 1. The average molecular weight is 309 g/mol. The van der Waals surface area contributed by atoms with Crippen molar-refractivity contribution in [3.05, 3.63) is 36.2 Å². The second-order valence-electron chi connectivity index (χ2n) is 4.77. The molecule has 0 radical (unpaired) electrons. The van der Waals surface area contributed by atoms with Gasteiger partial charge in [-0.3, -0.25) is 4.79 Å². The number of benzene rings is 1. The topological polar surface area (TPSA) is 84.7 Å². The minimum atomic E-state index is -0.0806. The third-order valence-corrected chi connectivity index (χ3v) is 3.42. The lowest BCUT2D eigenvalue weighted by atomic mass is 10.1. The van der Waals surface area contributed by atoms with Crippen LogP contribution in [-0.2, 0) is 0 Å². The monoisotopic (exact) mass is 308 g/mol. The van der Waals surface area contributed by atoms with Crippen LogP contribution < -0.4 is 10.6 Å². The van der Waals surface area contributed by atoms with Gasteiger partial charge in [0.15, 0.2) is 0 Å². The van der Waals surface area contributed by atoms with E-state index in [1.807, 2.05) is 18.2 Å². The van der Waals surface area contributed by atoms with Gasteiger partial charge in [0.05, 0.1) is 11.3 Å². The van der Waals surface area contributed by atoms with E-state index in [0.29, 0.717) is 11.3 Å². The molecule has 2 N–H and O–H groups in total. The van der Waals surface area contributed by atoms with Gasteiger partial charge >= 0.3 is 0 Å². The summed E-state index contributed by atoms with van der Waals surface area (Å²) in [6.07, 6.45) is 3.40. The number of rotatable bonds is 3. The molecule has 1 amide bonds. The van der Waals surface area contributed by atoms with Crippen LogP contribution in [0.1, 0.15) is 23.2 Å². The van der Waals surface area contributed by atoms with E-state index in [9.17, 15) is 4.79 Å². The highest BCUT2D eigenvalue weighted by molar-refractivity contribution is 5.97. The lowest BCUT2D eigenvalue weighted by Gasteiger charge is -2.24. The largest absolute Gasteiger partial charge is 0.349 e. The molecule has 3 rings (SSSR count). The molecule has 21 heavy (non-hydrogen) atoms.